The van der Waals surface area contributed by atoms with Crippen molar-refractivity contribution in [1.82, 2.24) is 4.57 Å². The van der Waals surface area contributed by atoms with E-state index >= 15 is 0 Å². The van der Waals surface area contributed by atoms with Crippen LogP contribution in [0.1, 0.15) is 26.3 Å². The molecule has 0 fully saturated rings. The predicted octanol–water partition coefficient (Wildman–Crippen LogP) is 2.62. The Morgan fingerprint density at radius 2 is 1.73 bits per heavy atom. The molecule has 0 amide bonds. The van der Waals surface area contributed by atoms with E-state index in [1.165, 1.54) is 6.07 Å². The molecule has 0 saturated carbocycles. The molecule has 0 aliphatic rings. The third kappa shape index (κ3) is 2.61. The first-order chi connectivity index (χ1) is 6.62. The van der Waals surface area contributed by atoms with Crippen molar-refractivity contribution in [2.24, 2.45) is 0 Å². The van der Waals surface area contributed by atoms with Crippen LogP contribution in [-0.2, 0) is 11.7 Å². The number of nitrogens with zero attached hydrogens (tertiary/aromatic N) is 1. The summed E-state index contributed by atoms with van der Waals surface area (Å²) in [5.41, 5.74) is -0.785. The molecule has 0 spiro atoms. The maximum Gasteiger partial charge on any atom is 0.491 e. The monoisotopic (exact) mass is 219 g/mol. The highest BCUT2D eigenvalue weighted by Crippen LogP contribution is 2.23. The van der Waals surface area contributed by atoms with Crippen LogP contribution >= 0.6 is 0 Å². The predicted molar refractivity (Wildman–Crippen MR) is 50.7 cm³/mol. The van der Waals surface area contributed by atoms with Gasteiger partial charge in [-0.25, -0.2) is 4.57 Å². The van der Waals surface area contributed by atoms with Gasteiger partial charge in [-0.05, 0) is 17.0 Å². The number of aromatic nitrogens is 1. The molecule has 5 heteroatoms. The summed E-state index contributed by atoms with van der Waals surface area (Å²) in [6, 6.07) is 2.34. The highest BCUT2D eigenvalue weighted by atomic mass is 19.4. The average Bonchev–Trinajstić information content (AvgIpc) is 1.99. The Hall–Kier alpha value is -1.26. The lowest BCUT2D eigenvalue weighted by Crippen LogP contribution is -2.31. The number of rotatable bonds is 0. The van der Waals surface area contributed by atoms with E-state index in [9.17, 15) is 18.0 Å². The smallest absolute Gasteiger partial charge is 0.269 e. The largest absolute Gasteiger partial charge is 0.491 e. The molecule has 0 aliphatic heterocycles. The van der Waals surface area contributed by atoms with E-state index < -0.39 is 11.9 Å². The maximum absolute atomic E-state index is 12.2. The summed E-state index contributed by atoms with van der Waals surface area (Å²) >= 11 is 0. The average molecular weight is 219 g/mol. The van der Waals surface area contributed by atoms with Crippen molar-refractivity contribution in [3.8, 4) is 0 Å². The fourth-order valence-electron chi connectivity index (χ4n) is 1.15. The quantitative estimate of drug-likeness (QED) is 0.657. The summed E-state index contributed by atoms with van der Waals surface area (Å²) in [5.74, 6) is 0. The van der Waals surface area contributed by atoms with Gasteiger partial charge in [-0.2, -0.15) is 0 Å². The summed E-state index contributed by atoms with van der Waals surface area (Å²) in [5, 5.41) is 0. The molecule has 0 saturated heterocycles. The van der Waals surface area contributed by atoms with Crippen molar-refractivity contribution in [2.75, 3.05) is 0 Å². The molecule has 0 radical (unpaired) electrons. The van der Waals surface area contributed by atoms with Gasteiger partial charge in [0.05, 0.1) is 0 Å². The van der Waals surface area contributed by atoms with Crippen LogP contribution in [0.2, 0.25) is 0 Å². The fraction of sp³-hybridized carbons (Fsp3) is 0.500. The van der Waals surface area contributed by atoms with Gasteiger partial charge in [0.1, 0.15) is 0 Å². The van der Waals surface area contributed by atoms with Crippen LogP contribution in [0.5, 0.6) is 0 Å². The number of hydrogen-bond acceptors (Lipinski definition) is 1. The van der Waals surface area contributed by atoms with Gasteiger partial charge < -0.3 is 0 Å². The Labute approximate surface area is 85.3 Å². The van der Waals surface area contributed by atoms with E-state index in [1.807, 2.05) is 20.8 Å². The molecule has 1 rings (SSSR count). The van der Waals surface area contributed by atoms with Crippen LogP contribution in [0.15, 0.2) is 23.1 Å². The molecular weight excluding hydrogens is 207 g/mol. The van der Waals surface area contributed by atoms with Gasteiger partial charge in [-0.1, -0.05) is 20.8 Å². The van der Waals surface area contributed by atoms with Crippen molar-refractivity contribution in [3.63, 3.8) is 0 Å². The van der Waals surface area contributed by atoms with E-state index in [1.54, 1.807) is 0 Å². The fourth-order valence-corrected chi connectivity index (χ4v) is 1.15. The molecule has 0 bridgehead atoms. The van der Waals surface area contributed by atoms with Crippen LogP contribution in [-0.4, -0.2) is 4.57 Å². The van der Waals surface area contributed by atoms with Crippen LogP contribution in [0.25, 0.3) is 0 Å². The lowest BCUT2D eigenvalue weighted by Gasteiger charge is -2.19. The third-order valence-electron chi connectivity index (χ3n) is 2.06. The van der Waals surface area contributed by atoms with Gasteiger partial charge >= 0.3 is 6.30 Å². The Balaban J connectivity index is 3.28. The lowest BCUT2D eigenvalue weighted by atomic mass is 9.88. The van der Waals surface area contributed by atoms with Crippen LogP contribution in [0.4, 0.5) is 13.2 Å². The summed E-state index contributed by atoms with van der Waals surface area (Å²) in [7, 11) is 0. The molecule has 0 atom stereocenters. The summed E-state index contributed by atoms with van der Waals surface area (Å²) in [6.07, 6.45) is -3.88. The number of pyridine rings is 1. The van der Waals surface area contributed by atoms with E-state index in [0.29, 0.717) is 5.56 Å². The molecule has 1 heterocycles. The minimum atomic E-state index is -4.65. The molecule has 0 aliphatic carbocycles. The first kappa shape index (κ1) is 11.8. The van der Waals surface area contributed by atoms with Gasteiger partial charge in [0.25, 0.3) is 5.56 Å². The molecule has 0 N–H and O–H groups in total. The van der Waals surface area contributed by atoms with E-state index in [0.717, 1.165) is 12.3 Å². The van der Waals surface area contributed by atoms with Crippen molar-refractivity contribution < 1.29 is 13.2 Å². The van der Waals surface area contributed by atoms with Gasteiger partial charge in [0, 0.05) is 12.3 Å². The molecule has 84 valence electrons. The van der Waals surface area contributed by atoms with Crippen LogP contribution < -0.4 is 5.56 Å². The number of hydrogen-bond donors (Lipinski definition) is 0. The van der Waals surface area contributed by atoms with E-state index in [4.69, 9.17) is 0 Å². The molecule has 15 heavy (non-hydrogen) atoms. The van der Waals surface area contributed by atoms with Crippen molar-refractivity contribution >= 4 is 0 Å². The molecular formula is C10H12F3NO. The normalized spacial score (nSPS) is 12.9. The molecule has 0 unspecified atom stereocenters. The first-order valence-corrected chi connectivity index (χ1v) is 4.43. The van der Waals surface area contributed by atoms with Crippen molar-refractivity contribution in [3.05, 3.63) is 34.2 Å². The SMILES string of the molecule is CC(C)(C)c1ccn(C(F)(F)F)c(=O)c1. The summed E-state index contributed by atoms with van der Waals surface area (Å²) in [6.45, 7) is 5.50. The zero-order chi connectivity index (χ0) is 11.9. The molecule has 1 aromatic rings. The zero-order valence-corrected chi connectivity index (χ0v) is 8.72. The number of halogens is 3. The van der Waals surface area contributed by atoms with Crippen molar-refractivity contribution in [1.29, 1.82) is 0 Å². The van der Waals surface area contributed by atoms with Crippen molar-refractivity contribution in [2.45, 2.75) is 32.5 Å². The van der Waals surface area contributed by atoms with Gasteiger partial charge in [-0.3, -0.25) is 4.79 Å². The maximum atomic E-state index is 12.2. The molecule has 0 aromatic carbocycles. The third-order valence-corrected chi connectivity index (χ3v) is 2.06. The number of alkyl halides is 3. The van der Waals surface area contributed by atoms with Crippen LogP contribution in [0, 0.1) is 0 Å². The van der Waals surface area contributed by atoms with Gasteiger partial charge in [0.15, 0.2) is 0 Å². The second-order valence-electron chi connectivity index (χ2n) is 4.34. The standard InChI is InChI=1S/C10H12F3NO/c1-9(2,3)7-4-5-14(8(15)6-7)10(11,12)13/h4-6H,1-3H3. The summed E-state index contributed by atoms with van der Waals surface area (Å²) < 4.78 is 36.5. The van der Waals surface area contributed by atoms with Gasteiger partial charge in [-0.15, -0.1) is 13.2 Å². The topological polar surface area (TPSA) is 22.0 Å². The van der Waals surface area contributed by atoms with E-state index in [2.05, 4.69) is 0 Å². The zero-order valence-electron chi connectivity index (χ0n) is 8.72. The minimum Gasteiger partial charge on any atom is -0.269 e. The highest BCUT2D eigenvalue weighted by Gasteiger charge is 2.31. The second-order valence-corrected chi connectivity index (χ2v) is 4.34. The Morgan fingerprint density at radius 1 is 1.20 bits per heavy atom. The molecule has 1 aromatic heterocycles. The summed E-state index contributed by atoms with van der Waals surface area (Å²) in [4.78, 5) is 11.2. The Bertz CT molecular complexity index is 412. The van der Waals surface area contributed by atoms with Gasteiger partial charge in [0.2, 0.25) is 0 Å². The Morgan fingerprint density at radius 3 is 2.07 bits per heavy atom. The lowest BCUT2D eigenvalue weighted by molar-refractivity contribution is -0.206. The minimum absolute atomic E-state index is 0.234. The molecule has 2 nitrogen and oxygen atoms in total. The Kier molecular flexibility index (Phi) is 2.67. The van der Waals surface area contributed by atoms with E-state index in [-0.39, 0.29) is 9.98 Å². The first-order valence-electron chi connectivity index (χ1n) is 4.43. The second kappa shape index (κ2) is 3.40. The van der Waals surface area contributed by atoms with Crippen LogP contribution in [0.3, 0.4) is 0 Å². The highest BCUT2D eigenvalue weighted by molar-refractivity contribution is 5.19.